The van der Waals surface area contributed by atoms with E-state index in [1.165, 1.54) is 0 Å². The van der Waals surface area contributed by atoms with Crippen LogP contribution < -0.4 is 5.32 Å². The van der Waals surface area contributed by atoms with Crippen LogP contribution in [-0.4, -0.2) is 59.7 Å². The quantitative estimate of drug-likeness (QED) is 0.581. The molecule has 3 atom stereocenters. The molecule has 1 aliphatic rings. The van der Waals surface area contributed by atoms with E-state index in [-0.39, 0.29) is 6.04 Å². The van der Waals surface area contributed by atoms with Crippen molar-refractivity contribution in [2.45, 2.75) is 24.7 Å². The first-order valence-electron chi connectivity index (χ1n) is 4.76. The summed E-state index contributed by atoms with van der Waals surface area (Å²) < 4.78 is 5.10. The van der Waals surface area contributed by atoms with Crippen LogP contribution in [0.2, 0.25) is 0 Å². The fourth-order valence-electron chi connectivity index (χ4n) is 1.45. The van der Waals surface area contributed by atoms with Crippen LogP contribution in [0.15, 0.2) is 0 Å². The van der Waals surface area contributed by atoms with Crippen molar-refractivity contribution in [2.75, 3.05) is 31.8 Å². The second-order valence-electron chi connectivity index (χ2n) is 4.02. The molecule has 0 saturated carbocycles. The SMILES string of the molecule is CSCC(C)(O)CNC1COCC1O. The fraction of sp³-hybridized carbons (Fsp3) is 1.00. The number of ether oxygens (including phenoxy) is 1. The van der Waals surface area contributed by atoms with Gasteiger partial charge in [0, 0.05) is 12.3 Å². The van der Waals surface area contributed by atoms with E-state index in [4.69, 9.17) is 4.74 Å². The molecule has 0 radical (unpaired) electrons. The molecule has 4 nitrogen and oxygen atoms in total. The Morgan fingerprint density at radius 3 is 2.79 bits per heavy atom. The van der Waals surface area contributed by atoms with E-state index < -0.39 is 11.7 Å². The molecule has 0 aromatic heterocycles. The first-order chi connectivity index (χ1) is 6.55. The molecule has 0 aromatic rings. The summed E-state index contributed by atoms with van der Waals surface area (Å²) in [4.78, 5) is 0. The minimum atomic E-state index is -0.721. The lowest BCUT2D eigenvalue weighted by Gasteiger charge is -2.25. The van der Waals surface area contributed by atoms with Crippen LogP contribution in [0.5, 0.6) is 0 Å². The zero-order valence-corrected chi connectivity index (χ0v) is 9.51. The summed E-state index contributed by atoms with van der Waals surface area (Å²) in [5.41, 5.74) is -0.721. The molecular weight excluding hydrogens is 202 g/mol. The van der Waals surface area contributed by atoms with E-state index >= 15 is 0 Å². The number of hydrogen-bond donors (Lipinski definition) is 3. The Hall–Kier alpha value is 0.190. The molecule has 0 amide bonds. The van der Waals surface area contributed by atoms with Gasteiger partial charge in [-0.1, -0.05) is 0 Å². The van der Waals surface area contributed by atoms with Gasteiger partial charge in [0.05, 0.1) is 31.0 Å². The molecule has 1 rings (SSSR count). The summed E-state index contributed by atoms with van der Waals surface area (Å²) in [7, 11) is 0. The van der Waals surface area contributed by atoms with Gasteiger partial charge >= 0.3 is 0 Å². The van der Waals surface area contributed by atoms with Crippen molar-refractivity contribution < 1.29 is 14.9 Å². The maximum absolute atomic E-state index is 9.86. The lowest BCUT2D eigenvalue weighted by Crippen LogP contribution is -2.48. The van der Waals surface area contributed by atoms with Crippen LogP contribution >= 0.6 is 11.8 Å². The maximum Gasteiger partial charge on any atom is 0.0948 e. The number of aliphatic hydroxyl groups is 2. The van der Waals surface area contributed by atoms with E-state index in [0.717, 1.165) is 0 Å². The Bertz CT molecular complexity index is 177. The molecule has 3 unspecified atom stereocenters. The average Bonchev–Trinajstić information content (AvgIpc) is 2.48. The molecule has 5 heteroatoms. The van der Waals surface area contributed by atoms with Crippen LogP contribution in [0.1, 0.15) is 6.92 Å². The second-order valence-corrected chi connectivity index (χ2v) is 4.89. The third kappa shape index (κ3) is 3.74. The van der Waals surface area contributed by atoms with Crippen LogP contribution in [0.3, 0.4) is 0 Å². The van der Waals surface area contributed by atoms with Gasteiger partial charge in [-0.3, -0.25) is 0 Å². The molecular formula is C9H19NO3S. The average molecular weight is 221 g/mol. The molecule has 0 bridgehead atoms. The van der Waals surface area contributed by atoms with E-state index in [1.807, 2.05) is 6.26 Å². The third-order valence-electron chi connectivity index (χ3n) is 2.25. The van der Waals surface area contributed by atoms with Gasteiger partial charge in [-0.15, -0.1) is 0 Å². The van der Waals surface area contributed by atoms with Gasteiger partial charge in [0.2, 0.25) is 0 Å². The van der Waals surface area contributed by atoms with Crippen LogP contribution in [-0.2, 0) is 4.74 Å². The van der Waals surface area contributed by atoms with Crippen molar-refractivity contribution in [2.24, 2.45) is 0 Å². The highest BCUT2D eigenvalue weighted by atomic mass is 32.2. The van der Waals surface area contributed by atoms with E-state index in [0.29, 0.717) is 25.5 Å². The number of nitrogens with one attached hydrogen (secondary N) is 1. The Morgan fingerprint density at radius 1 is 1.57 bits per heavy atom. The molecule has 1 saturated heterocycles. The predicted molar refractivity (Wildman–Crippen MR) is 57.6 cm³/mol. The smallest absolute Gasteiger partial charge is 0.0948 e. The van der Waals surface area contributed by atoms with Crippen LogP contribution in [0.25, 0.3) is 0 Å². The van der Waals surface area contributed by atoms with Gasteiger partial charge in [0.25, 0.3) is 0 Å². The van der Waals surface area contributed by atoms with Gasteiger partial charge in [-0.05, 0) is 13.2 Å². The lowest BCUT2D eigenvalue weighted by atomic mass is 10.1. The first-order valence-corrected chi connectivity index (χ1v) is 6.15. The highest BCUT2D eigenvalue weighted by Gasteiger charge is 2.28. The van der Waals surface area contributed by atoms with Crippen molar-refractivity contribution in [3.05, 3.63) is 0 Å². The summed E-state index contributed by atoms with van der Waals surface area (Å²) in [5.74, 6) is 0.684. The molecule has 3 N–H and O–H groups in total. The highest BCUT2D eigenvalue weighted by Crippen LogP contribution is 2.11. The Kier molecular flexibility index (Phi) is 4.66. The molecule has 1 heterocycles. The van der Waals surface area contributed by atoms with Crippen LogP contribution in [0.4, 0.5) is 0 Å². The highest BCUT2D eigenvalue weighted by molar-refractivity contribution is 7.98. The Morgan fingerprint density at radius 2 is 2.29 bits per heavy atom. The van der Waals surface area contributed by atoms with Gasteiger partial charge in [-0.25, -0.2) is 0 Å². The molecule has 84 valence electrons. The van der Waals surface area contributed by atoms with Crippen LogP contribution in [0, 0.1) is 0 Å². The fourth-order valence-corrected chi connectivity index (χ4v) is 2.17. The summed E-state index contributed by atoms with van der Waals surface area (Å²) in [6.45, 7) is 3.19. The van der Waals surface area contributed by atoms with Crippen molar-refractivity contribution in [3.8, 4) is 0 Å². The Labute approximate surface area is 89.0 Å². The summed E-state index contributed by atoms with van der Waals surface area (Å²) in [5, 5.41) is 22.4. The van der Waals surface area contributed by atoms with E-state index in [9.17, 15) is 10.2 Å². The summed E-state index contributed by atoms with van der Waals surface area (Å²) >= 11 is 1.61. The predicted octanol–water partition coefficient (Wildman–Crippen LogP) is -0.550. The largest absolute Gasteiger partial charge is 0.389 e. The first kappa shape index (κ1) is 12.3. The van der Waals surface area contributed by atoms with Crippen molar-refractivity contribution in [1.29, 1.82) is 0 Å². The lowest BCUT2D eigenvalue weighted by molar-refractivity contribution is 0.0733. The van der Waals surface area contributed by atoms with Crippen molar-refractivity contribution in [3.63, 3.8) is 0 Å². The van der Waals surface area contributed by atoms with Crippen molar-refractivity contribution in [1.82, 2.24) is 5.32 Å². The Balaban J connectivity index is 2.25. The topological polar surface area (TPSA) is 61.7 Å². The zero-order chi connectivity index (χ0) is 10.6. The molecule has 0 aromatic carbocycles. The number of rotatable bonds is 5. The second kappa shape index (κ2) is 5.32. The number of hydrogen-bond acceptors (Lipinski definition) is 5. The molecule has 14 heavy (non-hydrogen) atoms. The summed E-state index contributed by atoms with van der Waals surface area (Å²) in [6.07, 6.45) is 1.52. The van der Waals surface area contributed by atoms with Gasteiger partial charge in [0.1, 0.15) is 0 Å². The summed E-state index contributed by atoms with van der Waals surface area (Å²) in [6, 6.07) is -0.0386. The minimum absolute atomic E-state index is 0.0386. The molecule has 0 aliphatic carbocycles. The normalized spacial score (nSPS) is 31.7. The van der Waals surface area contributed by atoms with Crippen molar-refractivity contribution >= 4 is 11.8 Å². The monoisotopic (exact) mass is 221 g/mol. The van der Waals surface area contributed by atoms with Gasteiger partial charge in [-0.2, -0.15) is 11.8 Å². The van der Waals surface area contributed by atoms with Gasteiger partial charge in [0.15, 0.2) is 0 Å². The minimum Gasteiger partial charge on any atom is -0.389 e. The molecule has 1 fully saturated rings. The zero-order valence-electron chi connectivity index (χ0n) is 8.69. The van der Waals surface area contributed by atoms with E-state index in [2.05, 4.69) is 5.32 Å². The standard InChI is InChI=1S/C9H19NO3S/c1-9(12,6-14-2)5-10-7-3-13-4-8(7)11/h7-8,10-12H,3-6H2,1-2H3. The number of thioether (sulfide) groups is 1. The molecule has 1 aliphatic heterocycles. The maximum atomic E-state index is 9.86. The number of aliphatic hydroxyl groups excluding tert-OH is 1. The third-order valence-corrected chi connectivity index (χ3v) is 3.16. The molecule has 0 spiro atoms. The van der Waals surface area contributed by atoms with Gasteiger partial charge < -0.3 is 20.3 Å². The van der Waals surface area contributed by atoms with E-state index in [1.54, 1.807) is 18.7 Å².